The topological polar surface area (TPSA) is 85.5 Å². The molecule has 1 fully saturated rings. The third-order valence-corrected chi connectivity index (χ3v) is 5.31. The first-order chi connectivity index (χ1) is 14.6. The van der Waals surface area contributed by atoms with E-state index in [0.29, 0.717) is 30.8 Å². The maximum Gasteiger partial charge on any atom is 0.292 e. The van der Waals surface area contributed by atoms with E-state index in [0.717, 1.165) is 24.2 Å². The van der Waals surface area contributed by atoms with Crippen LogP contribution in [0.25, 0.3) is 0 Å². The molecule has 1 aromatic carbocycles. The first-order valence-corrected chi connectivity index (χ1v) is 9.96. The summed E-state index contributed by atoms with van der Waals surface area (Å²) in [6.07, 6.45) is 5.28. The molecule has 1 aliphatic heterocycles. The zero-order valence-corrected chi connectivity index (χ0v) is 16.8. The minimum Gasteiger partial charge on any atom is -0.497 e. The molecule has 1 saturated heterocycles. The molecule has 0 aliphatic carbocycles. The first kappa shape index (κ1) is 19.8. The Bertz CT molecular complexity index is 1030. The number of methoxy groups -OCH3 is 1. The van der Waals surface area contributed by atoms with Crippen molar-refractivity contribution in [2.24, 2.45) is 5.92 Å². The number of Topliss-reactive ketones (excluding diaryl/α,β-unsaturated/α-hetero) is 1. The predicted octanol–water partition coefficient (Wildman–Crippen LogP) is 3.40. The summed E-state index contributed by atoms with van der Waals surface area (Å²) in [6.45, 7) is 0.972. The first-order valence-electron chi connectivity index (χ1n) is 9.96. The van der Waals surface area contributed by atoms with Crippen LogP contribution in [0.1, 0.15) is 45.0 Å². The van der Waals surface area contributed by atoms with Crippen LogP contribution in [0.4, 0.5) is 0 Å². The average Bonchev–Trinajstić information content (AvgIpc) is 3.27. The molecule has 1 unspecified atom stereocenters. The summed E-state index contributed by atoms with van der Waals surface area (Å²) in [4.78, 5) is 31.4. The van der Waals surface area contributed by atoms with Gasteiger partial charge in [0, 0.05) is 49.5 Å². The maximum absolute atomic E-state index is 12.9. The molecular weight excluding hydrogens is 382 g/mol. The van der Waals surface area contributed by atoms with Crippen LogP contribution in [0.2, 0.25) is 0 Å². The van der Waals surface area contributed by atoms with Crippen molar-refractivity contribution in [1.82, 2.24) is 15.0 Å². The quantitative estimate of drug-likeness (QED) is 0.584. The normalized spacial score (nSPS) is 16.3. The highest BCUT2D eigenvalue weighted by Gasteiger charge is 2.31. The smallest absolute Gasteiger partial charge is 0.292 e. The molecule has 0 saturated carbocycles. The SMILES string of the molecule is COc1cccc(Cc2cc(C(=O)N3CCCC(C(=O)c4cccnc4)C3)on2)c1. The van der Waals surface area contributed by atoms with E-state index in [-0.39, 0.29) is 23.4 Å². The van der Waals surface area contributed by atoms with Crippen molar-refractivity contribution in [3.05, 3.63) is 77.4 Å². The van der Waals surface area contributed by atoms with Crippen LogP contribution in [-0.4, -0.2) is 46.9 Å². The van der Waals surface area contributed by atoms with E-state index in [1.165, 1.54) is 0 Å². The fraction of sp³-hybridized carbons (Fsp3) is 0.304. The van der Waals surface area contributed by atoms with Gasteiger partial charge in [-0.15, -0.1) is 0 Å². The second kappa shape index (κ2) is 8.90. The fourth-order valence-electron chi connectivity index (χ4n) is 3.76. The number of carbonyl (C=O) groups is 2. The lowest BCUT2D eigenvalue weighted by atomic mass is 9.90. The van der Waals surface area contributed by atoms with E-state index in [9.17, 15) is 9.59 Å². The molecule has 0 spiro atoms. The van der Waals surface area contributed by atoms with Gasteiger partial charge in [0.25, 0.3) is 5.91 Å². The summed E-state index contributed by atoms with van der Waals surface area (Å²) in [5.74, 6) is 0.526. The lowest BCUT2D eigenvalue weighted by molar-refractivity contribution is 0.0602. The number of aromatic nitrogens is 2. The van der Waals surface area contributed by atoms with Gasteiger partial charge in [-0.2, -0.15) is 0 Å². The summed E-state index contributed by atoms with van der Waals surface area (Å²) in [5, 5.41) is 4.05. The number of hydrogen-bond acceptors (Lipinski definition) is 6. The molecule has 7 heteroatoms. The monoisotopic (exact) mass is 405 g/mol. The summed E-state index contributed by atoms with van der Waals surface area (Å²) < 4.78 is 10.6. The highest BCUT2D eigenvalue weighted by Crippen LogP contribution is 2.23. The van der Waals surface area contributed by atoms with Gasteiger partial charge >= 0.3 is 0 Å². The van der Waals surface area contributed by atoms with Crippen LogP contribution in [0.3, 0.4) is 0 Å². The molecule has 30 heavy (non-hydrogen) atoms. The number of piperidine rings is 1. The molecule has 1 atom stereocenters. The maximum atomic E-state index is 12.9. The number of benzene rings is 1. The van der Waals surface area contributed by atoms with E-state index in [1.807, 2.05) is 24.3 Å². The van der Waals surface area contributed by atoms with Crippen LogP contribution in [0.15, 0.2) is 59.4 Å². The number of carbonyl (C=O) groups excluding carboxylic acids is 2. The molecule has 4 rings (SSSR count). The summed E-state index contributed by atoms with van der Waals surface area (Å²) in [5.41, 5.74) is 2.27. The highest BCUT2D eigenvalue weighted by molar-refractivity contribution is 5.98. The summed E-state index contributed by atoms with van der Waals surface area (Å²) in [6, 6.07) is 12.9. The lowest BCUT2D eigenvalue weighted by Gasteiger charge is -2.31. The van der Waals surface area contributed by atoms with E-state index < -0.39 is 0 Å². The molecule has 154 valence electrons. The van der Waals surface area contributed by atoms with E-state index in [4.69, 9.17) is 9.26 Å². The van der Waals surface area contributed by atoms with Crippen molar-refractivity contribution in [3.8, 4) is 5.75 Å². The third kappa shape index (κ3) is 4.40. The molecule has 0 bridgehead atoms. The van der Waals surface area contributed by atoms with Crippen LogP contribution in [0.5, 0.6) is 5.75 Å². The van der Waals surface area contributed by atoms with Crippen molar-refractivity contribution in [1.29, 1.82) is 0 Å². The van der Waals surface area contributed by atoms with E-state index in [1.54, 1.807) is 42.6 Å². The molecule has 3 heterocycles. The Hall–Kier alpha value is -3.48. The van der Waals surface area contributed by atoms with Crippen LogP contribution in [0, 0.1) is 5.92 Å². The zero-order chi connectivity index (χ0) is 20.9. The molecular formula is C23H23N3O4. The Morgan fingerprint density at radius 2 is 2.13 bits per heavy atom. The van der Waals surface area contributed by atoms with Crippen molar-refractivity contribution in [3.63, 3.8) is 0 Å². The van der Waals surface area contributed by atoms with Gasteiger partial charge in [0.05, 0.1) is 12.8 Å². The fourth-order valence-corrected chi connectivity index (χ4v) is 3.76. The van der Waals surface area contributed by atoms with Crippen molar-refractivity contribution in [2.75, 3.05) is 20.2 Å². The largest absolute Gasteiger partial charge is 0.497 e. The Balaban J connectivity index is 1.42. The molecule has 1 aliphatic rings. The van der Waals surface area contributed by atoms with Gasteiger partial charge in [-0.25, -0.2) is 0 Å². The average molecular weight is 405 g/mol. The Morgan fingerprint density at radius 1 is 1.23 bits per heavy atom. The summed E-state index contributed by atoms with van der Waals surface area (Å²) in [7, 11) is 1.62. The number of ketones is 1. The van der Waals surface area contributed by atoms with Crippen molar-refractivity contribution in [2.45, 2.75) is 19.3 Å². The Kier molecular flexibility index (Phi) is 5.88. The predicted molar refractivity (Wildman–Crippen MR) is 109 cm³/mol. The molecule has 7 nitrogen and oxygen atoms in total. The van der Waals surface area contributed by atoms with Gasteiger partial charge in [-0.1, -0.05) is 17.3 Å². The number of rotatable bonds is 6. The number of hydrogen-bond donors (Lipinski definition) is 0. The lowest BCUT2D eigenvalue weighted by Crippen LogP contribution is -2.42. The van der Waals surface area contributed by atoms with Crippen molar-refractivity contribution >= 4 is 11.7 Å². The third-order valence-electron chi connectivity index (χ3n) is 5.31. The molecule has 0 N–H and O–H groups in total. The molecule has 0 radical (unpaired) electrons. The Labute approximate surface area is 174 Å². The van der Waals surface area contributed by atoms with Crippen molar-refractivity contribution < 1.29 is 18.8 Å². The highest BCUT2D eigenvalue weighted by atomic mass is 16.5. The van der Waals surface area contributed by atoms with E-state index >= 15 is 0 Å². The number of likely N-dealkylation sites (tertiary alicyclic amines) is 1. The standard InChI is InChI=1S/C23H23N3O4/c1-29-20-8-2-5-16(12-20)11-19-13-21(30-25-19)23(28)26-10-4-7-18(15-26)22(27)17-6-3-9-24-14-17/h2-3,5-6,8-9,12-14,18H,4,7,10-11,15H2,1H3. The van der Waals surface area contributed by atoms with Gasteiger partial charge in [0.1, 0.15) is 5.75 Å². The number of amides is 1. The number of pyridine rings is 1. The molecule has 2 aromatic heterocycles. The molecule has 1 amide bonds. The molecule has 3 aromatic rings. The van der Waals surface area contributed by atoms with Gasteiger partial charge in [0.15, 0.2) is 5.78 Å². The summed E-state index contributed by atoms with van der Waals surface area (Å²) >= 11 is 0. The van der Waals surface area contributed by atoms with Crippen LogP contribution in [-0.2, 0) is 6.42 Å². The zero-order valence-electron chi connectivity index (χ0n) is 16.8. The number of ether oxygens (including phenoxy) is 1. The van der Waals surface area contributed by atoms with E-state index in [2.05, 4.69) is 10.1 Å². The minimum atomic E-state index is -0.233. The van der Waals surface area contributed by atoms with Gasteiger partial charge < -0.3 is 14.2 Å². The Morgan fingerprint density at radius 3 is 2.93 bits per heavy atom. The number of nitrogens with zero attached hydrogens (tertiary/aromatic N) is 3. The van der Waals surface area contributed by atoms with Gasteiger partial charge in [-0.3, -0.25) is 14.6 Å². The second-order valence-corrected chi connectivity index (χ2v) is 7.41. The van der Waals surface area contributed by atoms with Gasteiger partial charge in [-0.05, 0) is 42.7 Å². The van der Waals surface area contributed by atoms with Gasteiger partial charge in [0.2, 0.25) is 5.76 Å². The second-order valence-electron chi connectivity index (χ2n) is 7.41. The van der Waals surface area contributed by atoms with Crippen LogP contribution >= 0.6 is 0 Å². The van der Waals surface area contributed by atoms with Crippen LogP contribution < -0.4 is 4.74 Å². The minimum absolute atomic E-state index is 0.0249.